The summed E-state index contributed by atoms with van der Waals surface area (Å²) in [6.45, 7) is 1.53. The van der Waals surface area contributed by atoms with E-state index in [9.17, 15) is 31.5 Å². The molecule has 1 aliphatic heterocycles. The Morgan fingerprint density at radius 2 is 1.72 bits per heavy atom. The molecule has 0 saturated heterocycles. The van der Waals surface area contributed by atoms with Crippen molar-refractivity contribution in [2.75, 3.05) is 6.54 Å². The van der Waals surface area contributed by atoms with Crippen LogP contribution in [0.25, 0.3) is 22.4 Å². The van der Waals surface area contributed by atoms with Crippen molar-refractivity contribution in [3.8, 4) is 28.5 Å². The lowest BCUT2D eigenvalue weighted by Crippen LogP contribution is -2.38. The Morgan fingerprint density at radius 3 is 2.40 bits per heavy atom. The van der Waals surface area contributed by atoms with Crippen LogP contribution in [0.3, 0.4) is 0 Å². The van der Waals surface area contributed by atoms with Crippen LogP contribution in [0.15, 0.2) is 69.9 Å². The fraction of sp³-hybridized carbons (Fsp3) is 0.207. The van der Waals surface area contributed by atoms with Gasteiger partial charge in [-0.3, -0.25) is 14.9 Å². The number of nitrogens with one attached hydrogen (secondary N) is 2. The average Bonchev–Trinajstić information content (AvgIpc) is 3.58. The Labute approximate surface area is 238 Å². The summed E-state index contributed by atoms with van der Waals surface area (Å²) < 4.78 is 81.1. The zero-order valence-corrected chi connectivity index (χ0v) is 22.4. The number of aryl methyl sites for hydroxylation is 1. The highest BCUT2D eigenvalue weighted by molar-refractivity contribution is 6.02. The lowest BCUT2D eigenvalue weighted by Gasteiger charge is -2.29. The standard InChI is InChI=1S/C29H21F5N4O5/c1-14-12-15(6-11-20(14)41-16-7-9-17(10-8-16)43-29(32,33)34)24-21-22(18-4-3-5-19-25(18)42-27(40)35-19)36-37-23(21)26(39)38(24)13-28(2,30)31/h3-12,24H,13H2,1-2H3,(H,35,40)(H,36,37). The van der Waals surface area contributed by atoms with Crippen molar-refractivity contribution in [3.05, 3.63) is 93.6 Å². The zero-order valence-electron chi connectivity index (χ0n) is 22.4. The second kappa shape index (κ2) is 10.00. The molecule has 9 nitrogen and oxygen atoms in total. The number of oxazole rings is 1. The fourth-order valence-electron chi connectivity index (χ4n) is 5.16. The number of nitrogens with zero attached hydrogens (tertiary/aromatic N) is 2. The Balaban J connectivity index is 1.39. The van der Waals surface area contributed by atoms with E-state index in [1.807, 2.05) is 0 Å². The van der Waals surface area contributed by atoms with Crippen LogP contribution in [0.2, 0.25) is 0 Å². The fourth-order valence-corrected chi connectivity index (χ4v) is 5.16. The number of carbonyl (C=O) groups is 1. The molecule has 5 aromatic rings. The van der Waals surface area contributed by atoms with E-state index in [-0.39, 0.29) is 22.7 Å². The van der Waals surface area contributed by atoms with Gasteiger partial charge in [0.25, 0.3) is 11.8 Å². The summed E-state index contributed by atoms with van der Waals surface area (Å²) in [7, 11) is 0. The second-order valence-corrected chi connectivity index (χ2v) is 10.1. The van der Waals surface area contributed by atoms with Crippen LogP contribution in [-0.4, -0.2) is 44.8 Å². The average molecular weight is 601 g/mol. The Morgan fingerprint density at radius 1 is 1.00 bits per heavy atom. The minimum atomic E-state index is -4.83. The SMILES string of the molecule is Cc1cc(C2c3c(-c4cccc5[nH]c(=O)oc45)n[nH]c3C(=O)N2CC(C)(F)F)ccc1Oc1ccc(OC(F)(F)F)cc1. The molecule has 2 aromatic heterocycles. The van der Waals surface area contributed by atoms with Gasteiger partial charge in [-0.05, 0) is 66.6 Å². The number of hydrogen-bond acceptors (Lipinski definition) is 6. The molecule has 1 unspecified atom stereocenters. The van der Waals surface area contributed by atoms with Crippen LogP contribution in [0.5, 0.6) is 17.2 Å². The molecule has 2 N–H and O–H groups in total. The van der Waals surface area contributed by atoms with Gasteiger partial charge in [-0.1, -0.05) is 12.1 Å². The number of H-pyrrole nitrogens is 2. The first-order chi connectivity index (χ1) is 20.3. The minimum absolute atomic E-state index is 0.0262. The highest BCUT2D eigenvalue weighted by Gasteiger charge is 2.45. The number of aromatic amines is 2. The topological polar surface area (TPSA) is 113 Å². The van der Waals surface area contributed by atoms with Gasteiger partial charge >= 0.3 is 12.1 Å². The van der Waals surface area contributed by atoms with Crippen molar-refractivity contribution < 1.29 is 40.6 Å². The molecule has 1 atom stereocenters. The van der Waals surface area contributed by atoms with Gasteiger partial charge < -0.3 is 18.8 Å². The van der Waals surface area contributed by atoms with Crippen LogP contribution in [0.4, 0.5) is 22.0 Å². The number of halogens is 5. The first kappa shape index (κ1) is 28.0. The Kier molecular flexibility index (Phi) is 6.51. The molecular formula is C29H21F5N4O5. The van der Waals surface area contributed by atoms with E-state index >= 15 is 0 Å². The molecule has 0 spiro atoms. The molecule has 3 aromatic carbocycles. The van der Waals surface area contributed by atoms with E-state index < -0.39 is 42.3 Å². The first-order valence-corrected chi connectivity index (χ1v) is 12.8. The smallest absolute Gasteiger partial charge is 0.457 e. The van der Waals surface area contributed by atoms with Crippen LogP contribution in [0.1, 0.15) is 40.1 Å². The van der Waals surface area contributed by atoms with E-state index in [4.69, 9.17) is 9.15 Å². The molecule has 43 heavy (non-hydrogen) atoms. The number of hydrogen-bond donors (Lipinski definition) is 2. The summed E-state index contributed by atoms with van der Waals surface area (Å²) in [6, 6.07) is 13.6. The molecule has 0 aliphatic carbocycles. The monoisotopic (exact) mass is 600 g/mol. The maximum atomic E-state index is 14.3. The number of amides is 1. The van der Waals surface area contributed by atoms with Crippen molar-refractivity contribution in [2.45, 2.75) is 32.2 Å². The number of para-hydroxylation sites is 1. The van der Waals surface area contributed by atoms with Crippen LogP contribution in [-0.2, 0) is 0 Å². The molecule has 0 saturated carbocycles. The van der Waals surface area contributed by atoms with E-state index in [0.717, 1.165) is 17.0 Å². The summed E-state index contributed by atoms with van der Waals surface area (Å²) in [6.07, 6.45) is -4.83. The van der Waals surface area contributed by atoms with Gasteiger partial charge in [-0.2, -0.15) is 5.10 Å². The maximum absolute atomic E-state index is 14.3. The number of carbonyl (C=O) groups excluding carboxylic acids is 1. The third-order valence-corrected chi connectivity index (χ3v) is 6.81. The number of rotatable bonds is 7. The molecule has 0 bridgehead atoms. The van der Waals surface area contributed by atoms with Gasteiger partial charge in [0.15, 0.2) is 5.58 Å². The van der Waals surface area contributed by atoms with Gasteiger partial charge in [0.05, 0.1) is 18.1 Å². The quantitative estimate of drug-likeness (QED) is 0.201. The van der Waals surface area contributed by atoms with Crippen molar-refractivity contribution >= 4 is 17.0 Å². The van der Waals surface area contributed by atoms with Gasteiger partial charge in [0, 0.05) is 18.1 Å². The normalized spacial score (nSPS) is 15.3. The van der Waals surface area contributed by atoms with Crippen LogP contribution >= 0.6 is 0 Å². The van der Waals surface area contributed by atoms with Gasteiger partial charge in [0.2, 0.25) is 0 Å². The lowest BCUT2D eigenvalue weighted by molar-refractivity contribution is -0.274. The molecule has 0 fully saturated rings. The number of ether oxygens (including phenoxy) is 2. The maximum Gasteiger partial charge on any atom is 0.573 e. The van der Waals surface area contributed by atoms with Crippen molar-refractivity contribution in [1.29, 1.82) is 0 Å². The third-order valence-electron chi connectivity index (χ3n) is 6.81. The Hall–Kier alpha value is -5.14. The van der Waals surface area contributed by atoms with E-state index in [2.05, 4.69) is 19.9 Å². The highest BCUT2D eigenvalue weighted by Crippen LogP contribution is 2.45. The molecular weight excluding hydrogens is 579 g/mol. The number of alkyl halides is 5. The molecule has 1 aliphatic rings. The van der Waals surface area contributed by atoms with E-state index in [0.29, 0.717) is 40.4 Å². The van der Waals surface area contributed by atoms with Crippen molar-refractivity contribution in [1.82, 2.24) is 20.1 Å². The summed E-state index contributed by atoms with van der Waals surface area (Å²) in [4.78, 5) is 28.9. The third kappa shape index (κ3) is 5.43. The van der Waals surface area contributed by atoms with Gasteiger partial charge in [-0.15, -0.1) is 13.2 Å². The molecule has 14 heteroatoms. The molecule has 6 rings (SSSR count). The predicted octanol–water partition coefficient (Wildman–Crippen LogP) is 6.71. The zero-order chi connectivity index (χ0) is 30.7. The van der Waals surface area contributed by atoms with Gasteiger partial charge in [-0.25, -0.2) is 13.6 Å². The number of benzene rings is 3. The number of fused-ring (bicyclic) bond motifs is 2. The highest BCUT2D eigenvalue weighted by atomic mass is 19.4. The molecule has 222 valence electrons. The summed E-state index contributed by atoms with van der Waals surface area (Å²) >= 11 is 0. The molecule has 0 radical (unpaired) electrons. The van der Waals surface area contributed by atoms with E-state index in [1.54, 1.807) is 43.3 Å². The molecule has 3 heterocycles. The van der Waals surface area contributed by atoms with E-state index in [1.165, 1.54) is 12.1 Å². The van der Waals surface area contributed by atoms with Crippen LogP contribution < -0.4 is 15.2 Å². The van der Waals surface area contributed by atoms with Crippen molar-refractivity contribution in [3.63, 3.8) is 0 Å². The van der Waals surface area contributed by atoms with Crippen LogP contribution in [0, 0.1) is 6.92 Å². The minimum Gasteiger partial charge on any atom is -0.457 e. The van der Waals surface area contributed by atoms with Crippen molar-refractivity contribution in [2.24, 2.45) is 0 Å². The Bertz CT molecular complexity index is 1900. The summed E-state index contributed by atoms with van der Waals surface area (Å²) in [5, 5.41) is 6.99. The first-order valence-electron chi connectivity index (χ1n) is 12.8. The molecule has 1 amide bonds. The summed E-state index contributed by atoms with van der Waals surface area (Å²) in [5.74, 6) is -4.43. The number of aromatic nitrogens is 3. The summed E-state index contributed by atoms with van der Waals surface area (Å²) in [5.41, 5.74) is 2.61. The van der Waals surface area contributed by atoms with Gasteiger partial charge in [0.1, 0.15) is 28.6 Å². The second-order valence-electron chi connectivity index (χ2n) is 10.1. The largest absolute Gasteiger partial charge is 0.573 e. The predicted molar refractivity (Wildman–Crippen MR) is 142 cm³/mol. The lowest BCUT2D eigenvalue weighted by atomic mass is 9.94.